The van der Waals surface area contributed by atoms with Crippen molar-refractivity contribution in [3.8, 4) is 5.75 Å². The number of carbonyl (C=O) groups is 1. The summed E-state index contributed by atoms with van der Waals surface area (Å²) >= 11 is 0. The number of carbonyl (C=O) groups excluding carboxylic acids is 1. The number of benzene rings is 4. The fourth-order valence-corrected chi connectivity index (χ4v) is 8.76. The molecule has 162 valence electrons. The zero-order chi connectivity index (χ0) is 22.9. The van der Waals surface area contributed by atoms with E-state index in [1.54, 1.807) is 6.07 Å². The Kier molecular flexibility index (Phi) is 5.69. The molecule has 0 aliphatic carbocycles. The van der Waals surface area contributed by atoms with Gasteiger partial charge in [0.2, 0.25) is 0 Å². The molecular weight excluding hydrogens is 422 g/mol. The van der Waals surface area contributed by atoms with Crippen LogP contribution in [0.25, 0.3) is 10.8 Å². The van der Waals surface area contributed by atoms with Gasteiger partial charge in [-0.2, -0.15) is 0 Å². The highest BCUT2D eigenvalue weighted by molar-refractivity contribution is 7.00. The molecule has 0 heterocycles. The molecule has 0 saturated carbocycles. The van der Waals surface area contributed by atoms with E-state index in [0.717, 1.165) is 16.4 Å². The highest BCUT2D eigenvalue weighted by Crippen LogP contribution is 2.40. The summed E-state index contributed by atoms with van der Waals surface area (Å²) in [6.07, 6.45) is 0.627. The van der Waals surface area contributed by atoms with Crippen LogP contribution in [0.5, 0.6) is 5.75 Å². The van der Waals surface area contributed by atoms with E-state index in [0.29, 0.717) is 17.4 Å². The molecule has 2 nitrogen and oxygen atoms in total. The first-order valence-electron chi connectivity index (χ1n) is 10.4. The Morgan fingerprint density at radius 2 is 1.34 bits per heavy atom. The van der Waals surface area contributed by atoms with Gasteiger partial charge in [-0.3, -0.25) is 4.79 Å². The molecule has 0 saturated heterocycles. The third-order valence-corrected chi connectivity index (χ3v) is 10.8. The summed E-state index contributed by atoms with van der Waals surface area (Å²) in [7, 11) is -3.01. The van der Waals surface area contributed by atoms with Gasteiger partial charge in [0, 0.05) is 16.3 Å². The second-order valence-electron chi connectivity index (χ2n) is 8.86. The van der Waals surface area contributed by atoms with Gasteiger partial charge in [-0.15, -0.1) is 0 Å². The Morgan fingerprint density at radius 3 is 1.84 bits per heavy atom. The van der Waals surface area contributed by atoms with Crippen molar-refractivity contribution in [1.29, 1.82) is 0 Å². The van der Waals surface area contributed by atoms with Gasteiger partial charge in [0.25, 0.3) is 0 Å². The van der Waals surface area contributed by atoms with E-state index in [4.69, 9.17) is 4.43 Å². The van der Waals surface area contributed by atoms with Crippen LogP contribution < -0.4 is 14.8 Å². The van der Waals surface area contributed by atoms with E-state index >= 15 is 0 Å². The van der Waals surface area contributed by atoms with E-state index in [2.05, 4.69) is 45.0 Å². The Bertz CT molecular complexity index is 1230. The van der Waals surface area contributed by atoms with Crippen LogP contribution in [0, 0.1) is 11.6 Å². The molecule has 4 aromatic rings. The molecular formula is C27H24F2O2Si. The molecule has 4 rings (SSSR count). The second kappa shape index (κ2) is 8.32. The minimum absolute atomic E-state index is 0.0301. The predicted molar refractivity (Wildman–Crippen MR) is 128 cm³/mol. The van der Waals surface area contributed by atoms with Gasteiger partial charge >= 0.3 is 8.32 Å². The van der Waals surface area contributed by atoms with Crippen LogP contribution >= 0.6 is 0 Å². The Labute approximate surface area is 187 Å². The van der Waals surface area contributed by atoms with Crippen molar-refractivity contribution in [2.45, 2.75) is 25.8 Å². The quantitative estimate of drug-likeness (QED) is 0.283. The van der Waals surface area contributed by atoms with Crippen molar-refractivity contribution in [2.24, 2.45) is 0 Å². The fraction of sp³-hybridized carbons (Fsp3) is 0.148. The molecule has 0 bridgehead atoms. The first-order chi connectivity index (χ1) is 15.3. The molecule has 5 heteroatoms. The lowest BCUT2D eigenvalue weighted by atomic mass is 10.1. The summed E-state index contributed by atoms with van der Waals surface area (Å²) in [4.78, 5) is 11.6. The van der Waals surface area contributed by atoms with Crippen LogP contribution in [0.3, 0.4) is 0 Å². The lowest BCUT2D eigenvalue weighted by molar-refractivity contribution is 0.112. The molecule has 0 unspecified atom stereocenters. The van der Waals surface area contributed by atoms with Crippen molar-refractivity contribution in [3.05, 3.63) is 102 Å². The maximum Gasteiger partial charge on any atom is 0.319 e. The average Bonchev–Trinajstić information content (AvgIpc) is 2.80. The molecule has 0 radical (unpaired) electrons. The number of aldehydes is 1. The Morgan fingerprint density at radius 1 is 0.781 bits per heavy atom. The van der Waals surface area contributed by atoms with E-state index in [9.17, 15) is 13.6 Å². The highest BCUT2D eigenvalue weighted by atomic mass is 28.4. The summed E-state index contributed by atoms with van der Waals surface area (Å²) in [6.45, 7) is 6.39. The maximum atomic E-state index is 14.7. The average molecular weight is 447 g/mol. The van der Waals surface area contributed by atoms with Crippen molar-refractivity contribution in [1.82, 2.24) is 0 Å². The molecule has 32 heavy (non-hydrogen) atoms. The number of hydrogen-bond acceptors (Lipinski definition) is 2. The summed E-state index contributed by atoms with van der Waals surface area (Å²) in [5.41, 5.74) is 0.231. The maximum absolute atomic E-state index is 14.7. The molecule has 0 atom stereocenters. The molecule has 0 fully saturated rings. The summed E-state index contributed by atoms with van der Waals surface area (Å²) in [5.74, 6) is -1.58. The van der Waals surface area contributed by atoms with Crippen LogP contribution in [-0.2, 0) is 0 Å². The lowest BCUT2D eigenvalue weighted by Gasteiger charge is -2.43. The minimum atomic E-state index is -3.01. The minimum Gasteiger partial charge on any atom is -0.534 e. The smallest absolute Gasteiger partial charge is 0.319 e. The van der Waals surface area contributed by atoms with Gasteiger partial charge in [-0.25, -0.2) is 8.78 Å². The molecule has 0 aromatic heterocycles. The first-order valence-corrected chi connectivity index (χ1v) is 12.4. The van der Waals surface area contributed by atoms with E-state index in [1.807, 2.05) is 36.4 Å². The lowest BCUT2D eigenvalue weighted by Crippen LogP contribution is -2.68. The van der Waals surface area contributed by atoms with Gasteiger partial charge in [0.1, 0.15) is 12.0 Å². The highest BCUT2D eigenvalue weighted by Gasteiger charge is 2.52. The third-order valence-electron chi connectivity index (χ3n) is 5.82. The van der Waals surface area contributed by atoms with E-state index in [1.165, 1.54) is 12.1 Å². The third kappa shape index (κ3) is 3.63. The Balaban J connectivity index is 2.06. The molecule has 0 amide bonds. The molecule has 4 aromatic carbocycles. The van der Waals surface area contributed by atoms with Crippen LogP contribution in [-0.4, -0.2) is 14.6 Å². The van der Waals surface area contributed by atoms with Crippen LogP contribution in [0.2, 0.25) is 5.04 Å². The van der Waals surface area contributed by atoms with Gasteiger partial charge in [-0.05, 0) is 39.7 Å². The van der Waals surface area contributed by atoms with Crippen LogP contribution in [0.1, 0.15) is 31.1 Å². The zero-order valence-corrected chi connectivity index (χ0v) is 19.2. The van der Waals surface area contributed by atoms with Gasteiger partial charge in [-0.1, -0.05) is 81.4 Å². The second-order valence-corrected chi connectivity index (χ2v) is 13.1. The van der Waals surface area contributed by atoms with Crippen LogP contribution in [0.4, 0.5) is 8.78 Å². The van der Waals surface area contributed by atoms with Crippen molar-refractivity contribution in [3.63, 3.8) is 0 Å². The SMILES string of the molecule is CC(C)(C)[Si](Oc1cc(C=O)cc2c(F)c(F)ccc12)(c1ccccc1)c1ccccc1. The normalized spacial score (nSPS) is 12.0. The van der Waals surface area contributed by atoms with Crippen molar-refractivity contribution >= 4 is 35.7 Å². The number of fused-ring (bicyclic) bond motifs is 1. The van der Waals surface area contributed by atoms with Gasteiger partial charge in [0.05, 0.1) is 0 Å². The van der Waals surface area contributed by atoms with Crippen molar-refractivity contribution < 1.29 is 18.0 Å². The molecule has 0 aliphatic rings. The molecule has 0 aliphatic heterocycles. The largest absolute Gasteiger partial charge is 0.534 e. The molecule has 0 spiro atoms. The predicted octanol–water partition coefficient (Wildman–Crippen LogP) is 5.87. The van der Waals surface area contributed by atoms with Crippen molar-refractivity contribution in [2.75, 3.05) is 0 Å². The molecule has 0 N–H and O–H groups in total. The number of halogens is 2. The number of rotatable bonds is 5. The summed E-state index contributed by atoms with van der Waals surface area (Å²) < 4.78 is 35.6. The zero-order valence-electron chi connectivity index (χ0n) is 18.2. The topological polar surface area (TPSA) is 26.3 Å². The Hall–Kier alpha value is -3.31. The monoisotopic (exact) mass is 446 g/mol. The summed E-state index contributed by atoms with van der Waals surface area (Å²) in [6, 6.07) is 25.6. The van der Waals surface area contributed by atoms with Gasteiger partial charge < -0.3 is 4.43 Å². The standard InChI is InChI=1S/C27H24F2O2Si/c1-27(2,3)32(20-10-6-4-7-11-20,21-12-8-5-9-13-21)31-25-17-19(18-30)16-23-22(25)14-15-24(28)26(23)29/h4-18H,1-3H3. The van der Waals surface area contributed by atoms with E-state index in [-0.39, 0.29) is 16.0 Å². The van der Waals surface area contributed by atoms with Gasteiger partial charge in [0.15, 0.2) is 11.6 Å². The number of hydrogen-bond donors (Lipinski definition) is 0. The van der Waals surface area contributed by atoms with E-state index < -0.39 is 20.0 Å². The van der Waals surface area contributed by atoms with Crippen LogP contribution in [0.15, 0.2) is 84.9 Å². The first kappa shape index (κ1) is 21.9. The fourth-order valence-electron chi connectivity index (χ4n) is 4.33. The summed E-state index contributed by atoms with van der Waals surface area (Å²) in [5, 5.41) is 2.24.